The molecule has 92 heavy (non-hydrogen) atoms. The lowest BCUT2D eigenvalue weighted by Crippen LogP contribution is -2.34. The lowest BCUT2D eigenvalue weighted by molar-refractivity contribution is -0.152. The van der Waals surface area contributed by atoms with E-state index in [4.69, 9.17) is 18.9 Å². The van der Waals surface area contributed by atoms with Gasteiger partial charge in [0.25, 0.3) is 0 Å². The molecule has 2 aromatic heterocycles. The number of methoxy groups -OCH3 is 3. The summed E-state index contributed by atoms with van der Waals surface area (Å²) in [6, 6.07) is 18.3. The molecule has 2 aromatic carbocycles. The zero-order valence-electron chi connectivity index (χ0n) is 53.6. The highest BCUT2D eigenvalue weighted by atomic mass is 16.6. The van der Waals surface area contributed by atoms with Gasteiger partial charge in [-0.05, 0) is 119 Å². The van der Waals surface area contributed by atoms with Crippen LogP contribution in [0.25, 0.3) is 0 Å². The quantitative estimate of drug-likeness (QED) is 0.0165. The van der Waals surface area contributed by atoms with Gasteiger partial charge in [-0.15, -0.1) is 23.4 Å². The van der Waals surface area contributed by atoms with Gasteiger partial charge in [0, 0.05) is 20.1 Å². The molecule has 6 amide bonds. The monoisotopic (exact) mass is 1260 g/mol. The Morgan fingerprint density at radius 2 is 0.891 bits per heavy atom. The Bertz CT molecular complexity index is 3290. The molecule has 22 heteroatoms. The fourth-order valence-corrected chi connectivity index (χ4v) is 15.4. The highest BCUT2D eigenvalue weighted by molar-refractivity contribution is 6.07. The molecule has 10 rings (SSSR count). The summed E-state index contributed by atoms with van der Waals surface area (Å²) < 4.78 is 23.7. The first-order valence-electron chi connectivity index (χ1n) is 32.0. The first-order chi connectivity index (χ1) is 44.1. The van der Waals surface area contributed by atoms with E-state index in [1.807, 2.05) is 85.0 Å². The van der Waals surface area contributed by atoms with E-state index in [2.05, 4.69) is 33.8 Å². The number of rotatable bonds is 29. The number of allylic oxidation sites excluding steroid dienone is 6. The van der Waals surface area contributed by atoms with Crippen LogP contribution in [0.3, 0.4) is 0 Å². The van der Waals surface area contributed by atoms with Crippen molar-refractivity contribution in [2.75, 3.05) is 41.1 Å². The second-order valence-electron chi connectivity index (χ2n) is 26.9. The Morgan fingerprint density at radius 1 is 0.522 bits per heavy atom. The Hall–Kier alpha value is -8.53. The van der Waals surface area contributed by atoms with Gasteiger partial charge in [-0.3, -0.25) is 57.9 Å². The second-order valence-corrected chi connectivity index (χ2v) is 26.9. The number of hydrogen-bond donors (Lipinski definition) is 0. The van der Waals surface area contributed by atoms with Crippen molar-refractivity contribution in [3.8, 4) is 0 Å². The maximum absolute atomic E-state index is 14.7. The molecule has 0 bridgehead atoms. The predicted octanol–water partition coefficient (Wildman–Crippen LogP) is 7.87. The molecule has 14 atom stereocenters. The molecule has 3 aliphatic carbocycles. The van der Waals surface area contributed by atoms with Crippen LogP contribution in [0.5, 0.6) is 0 Å². The van der Waals surface area contributed by atoms with Crippen LogP contribution < -0.4 is 0 Å². The molecular formula is C70H85N9O13. The Kier molecular flexibility index (Phi) is 20.3. The summed E-state index contributed by atoms with van der Waals surface area (Å²) in [7, 11) is 4.22. The van der Waals surface area contributed by atoms with Gasteiger partial charge in [0.05, 0.1) is 105 Å². The summed E-state index contributed by atoms with van der Waals surface area (Å²) in [4.78, 5) is 130. The van der Waals surface area contributed by atoms with E-state index >= 15 is 0 Å². The number of esters is 3. The second kappa shape index (κ2) is 28.1. The van der Waals surface area contributed by atoms with Gasteiger partial charge in [-0.25, -0.2) is 9.36 Å². The zero-order chi connectivity index (χ0) is 65.8. The fraction of sp³-hybridized carbons (Fsp3) is 0.529. The maximum Gasteiger partial charge on any atom is 0.311 e. The third kappa shape index (κ3) is 13.4. The lowest BCUT2D eigenvalue weighted by atomic mass is 9.83. The summed E-state index contributed by atoms with van der Waals surface area (Å²) in [5, 5.41) is 17.8. The Labute approximate surface area is 536 Å². The highest BCUT2D eigenvalue weighted by Crippen LogP contribution is 2.54. The Morgan fingerprint density at radius 3 is 1.26 bits per heavy atom. The van der Waals surface area contributed by atoms with Crippen LogP contribution >= 0.6 is 0 Å². The molecule has 0 spiro atoms. The number of carbonyl (C=O) groups excluding carboxylic acids is 9. The van der Waals surface area contributed by atoms with Crippen molar-refractivity contribution in [3.63, 3.8) is 0 Å². The molecule has 0 radical (unpaired) electrons. The SMILES string of the molecule is C=CC1CC(/C=C\C2CC(/C=C\C3CC(C=C)C4C(=O)N(Cc5cn(C(CC(C)(C)C(=O)OC)c6ccccc6)nn5)C(=O)C34)C3C(=O)N(CCCCCC(=O)OCCOC)C(=O)C23)C2C(=O)N(Cc3cn(C(CC(C)(C)C(=O)OC)c4ccccc4)nn3)C(=O)C12. The molecule has 0 N–H and O–H groups in total. The van der Waals surface area contributed by atoms with Crippen molar-refractivity contribution in [1.29, 1.82) is 0 Å². The van der Waals surface area contributed by atoms with Gasteiger partial charge in [-0.2, -0.15) is 0 Å². The number of likely N-dealkylation sites (tertiary alicyclic amines) is 3. The van der Waals surface area contributed by atoms with Crippen LogP contribution in [0.2, 0.25) is 0 Å². The van der Waals surface area contributed by atoms with Gasteiger partial charge >= 0.3 is 17.9 Å². The van der Waals surface area contributed by atoms with Gasteiger partial charge in [-0.1, -0.05) is 114 Å². The summed E-state index contributed by atoms with van der Waals surface area (Å²) in [6.45, 7) is 15.7. The van der Waals surface area contributed by atoms with Crippen LogP contribution in [0, 0.1) is 81.8 Å². The van der Waals surface area contributed by atoms with Gasteiger partial charge in [0.1, 0.15) is 18.0 Å². The van der Waals surface area contributed by atoms with E-state index in [-0.39, 0.29) is 104 Å². The van der Waals surface area contributed by atoms with Crippen molar-refractivity contribution in [1.82, 2.24) is 44.7 Å². The van der Waals surface area contributed by atoms with Crippen LogP contribution in [0.4, 0.5) is 0 Å². The minimum atomic E-state index is -0.890. The molecule has 6 fully saturated rings. The number of benzene rings is 2. The number of nitrogens with zero attached hydrogens (tertiary/aromatic N) is 9. The summed E-state index contributed by atoms with van der Waals surface area (Å²) >= 11 is 0. The standard InChI is InChI=1S/C70H85N9O13/c1-10-42-33-46(57-55(42)63(83)76(65(57)85)38-50-40-78(73-71-50)52(44-21-15-12-16-22-44)36-69(3,4)67(87)90-8)26-28-48-35-49(60-59(48)61(81)75(62(60)82)30-20-14-19-25-54(80)92-32-31-89-7)29-27-47-34-43(11-2)56-58(47)66(86)77(64(56)84)39-51-41-79(74-72-51)53(45-23-17-13-18-24-45)37-70(5,6)68(88)91-9/h10-13,15-18,21-24,26-29,40-43,46-49,52-53,55-60H,1-2,14,19-20,25,30-39H2,3-9H3/b28-26-,29-27-. The molecule has 3 saturated carbocycles. The van der Waals surface area contributed by atoms with Crippen LogP contribution in [-0.4, -0.2) is 139 Å². The van der Waals surface area contributed by atoms with Crippen molar-refractivity contribution < 1.29 is 62.1 Å². The van der Waals surface area contributed by atoms with E-state index in [0.717, 1.165) is 11.1 Å². The largest absolute Gasteiger partial charge is 0.469 e. The Balaban J connectivity index is 0.869. The van der Waals surface area contributed by atoms with Crippen LogP contribution in [0.15, 0.2) is 123 Å². The van der Waals surface area contributed by atoms with Crippen molar-refractivity contribution in [3.05, 3.63) is 145 Å². The molecule has 5 heterocycles. The minimum absolute atomic E-state index is 0.121. The topological polar surface area (TPSA) is 262 Å². The molecule has 488 valence electrons. The zero-order valence-corrected chi connectivity index (χ0v) is 53.6. The number of hydrogen-bond acceptors (Lipinski definition) is 17. The maximum atomic E-state index is 14.7. The first-order valence-corrected chi connectivity index (χ1v) is 32.0. The molecule has 22 nitrogen and oxygen atoms in total. The third-order valence-corrected chi connectivity index (χ3v) is 20.1. The normalized spacial score (nSPS) is 26.9. The number of ether oxygens (including phenoxy) is 4. The van der Waals surface area contributed by atoms with Crippen LogP contribution in [-0.2, 0) is 75.2 Å². The molecule has 6 aliphatic rings. The van der Waals surface area contributed by atoms with Gasteiger partial charge in [0.2, 0.25) is 35.4 Å². The van der Waals surface area contributed by atoms with Gasteiger partial charge in [0.15, 0.2) is 0 Å². The number of carbonyl (C=O) groups is 9. The number of aromatic nitrogens is 6. The van der Waals surface area contributed by atoms with E-state index in [0.29, 0.717) is 62.8 Å². The number of amides is 6. The average molecular weight is 1260 g/mol. The van der Waals surface area contributed by atoms with E-state index in [9.17, 15) is 43.2 Å². The number of fused-ring (bicyclic) bond motifs is 3. The summed E-state index contributed by atoms with van der Waals surface area (Å²) in [5.41, 5.74) is 0.763. The van der Waals surface area contributed by atoms with E-state index in [1.54, 1.807) is 61.6 Å². The smallest absolute Gasteiger partial charge is 0.311 e. The van der Waals surface area contributed by atoms with Crippen molar-refractivity contribution in [2.24, 2.45) is 81.8 Å². The minimum Gasteiger partial charge on any atom is -0.469 e. The average Bonchev–Trinajstić information content (AvgIpc) is 1.60. The van der Waals surface area contributed by atoms with Crippen molar-refractivity contribution in [2.45, 2.75) is 111 Å². The molecule has 4 aromatic rings. The number of unbranched alkanes of at least 4 members (excludes halogenated alkanes) is 2. The molecule has 14 unspecified atom stereocenters. The molecule has 3 saturated heterocycles. The summed E-state index contributed by atoms with van der Waals surface area (Å²) in [5.74, 6) is -9.71. The van der Waals surface area contributed by atoms with E-state index < -0.39 is 82.1 Å². The molecular weight excluding hydrogens is 1170 g/mol. The lowest BCUT2D eigenvalue weighted by Gasteiger charge is -2.27. The molecule has 3 aliphatic heterocycles. The number of imide groups is 3. The third-order valence-electron chi connectivity index (χ3n) is 20.1. The van der Waals surface area contributed by atoms with Gasteiger partial charge < -0.3 is 18.9 Å². The van der Waals surface area contributed by atoms with Crippen LogP contribution in [0.1, 0.15) is 120 Å². The summed E-state index contributed by atoms with van der Waals surface area (Å²) in [6.07, 6.45) is 18.4. The van der Waals surface area contributed by atoms with Crippen molar-refractivity contribution >= 4 is 53.4 Å². The highest BCUT2D eigenvalue weighted by Gasteiger charge is 2.61. The van der Waals surface area contributed by atoms with E-state index in [1.165, 1.54) is 36.0 Å². The predicted molar refractivity (Wildman–Crippen MR) is 334 cm³/mol. The first kappa shape index (κ1) is 66.4. The fourth-order valence-electron chi connectivity index (χ4n) is 15.4.